The van der Waals surface area contributed by atoms with Crippen LogP contribution < -0.4 is 0 Å². The molecule has 0 fully saturated rings. The molecule has 0 aliphatic carbocycles. The van der Waals surface area contributed by atoms with Gasteiger partial charge in [0.05, 0.1) is 11.6 Å². The number of nitriles is 1. The van der Waals surface area contributed by atoms with E-state index in [4.69, 9.17) is 4.74 Å². The van der Waals surface area contributed by atoms with Crippen molar-refractivity contribution < 1.29 is 4.74 Å². The maximum absolute atomic E-state index is 9.57. The van der Waals surface area contributed by atoms with Gasteiger partial charge in [-0.15, -0.1) is 0 Å². The second-order valence-electron chi connectivity index (χ2n) is 5.27. The lowest BCUT2D eigenvalue weighted by Crippen LogP contribution is -2.32. The smallest absolute Gasteiger partial charge is 0.144 e. The van der Waals surface area contributed by atoms with Crippen LogP contribution in [-0.2, 0) is 10.3 Å². The minimum absolute atomic E-state index is 0.613. The molecule has 0 bridgehead atoms. The Morgan fingerprint density at radius 1 is 0.739 bits per heavy atom. The Morgan fingerprint density at radius 2 is 1.22 bits per heavy atom. The Bertz CT molecular complexity index is 780. The van der Waals surface area contributed by atoms with Crippen molar-refractivity contribution in [3.05, 3.63) is 107 Å². The molecule has 3 aromatic carbocycles. The zero-order valence-corrected chi connectivity index (χ0v) is 12.9. The highest BCUT2D eigenvalue weighted by molar-refractivity contribution is 5.53. The second kappa shape index (κ2) is 6.48. The topological polar surface area (TPSA) is 33.0 Å². The maximum atomic E-state index is 9.57. The van der Waals surface area contributed by atoms with E-state index >= 15 is 0 Å². The van der Waals surface area contributed by atoms with Crippen LogP contribution in [0, 0.1) is 11.3 Å². The van der Waals surface area contributed by atoms with E-state index < -0.39 is 5.60 Å². The van der Waals surface area contributed by atoms with Gasteiger partial charge in [-0.1, -0.05) is 78.9 Å². The van der Waals surface area contributed by atoms with Crippen LogP contribution in [0.25, 0.3) is 0 Å². The average Bonchev–Trinajstić information content (AvgIpc) is 2.65. The van der Waals surface area contributed by atoms with E-state index in [0.29, 0.717) is 5.56 Å². The fourth-order valence-electron chi connectivity index (χ4n) is 3.06. The van der Waals surface area contributed by atoms with Crippen LogP contribution in [0.3, 0.4) is 0 Å². The summed E-state index contributed by atoms with van der Waals surface area (Å²) < 4.78 is 6.09. The fraction of sp³-hybridized carbons (Fsp3) is 0.0952. The van der Waals surface area contributed by atoms with Crippen LogP contribution in [0.4, 0.5) is 0 Å². The van der Waals surface area contributed by atoms with Gasteiger partial charge in [-0.25, -0.2) is 0 Å². The van der Waals surface area contributed by atoms with Crippen molar-refractivity contribution in [1.82, 2.24) is 0 Å². The normalized spacial score (nSPS) is 11.0. The molecule has 0 radical (unpaired) electrons. The molecule has 0 amide bonds. The lowest BCUT2D eigenvalue weighted by Gasteiger charge is -2.35. The van der Waals surface area contributed by atoms with Gasteiger partial charge in [0, 0.05) is 12.7 Å². The van der Waals surface area contributed by atoms with Gasteiger partial charge in [0.25, 0.3) is 0 Å². The molecular weight excluding hydrogens is 282 g/mol. The van der Waals surface area contributed by atoms with Gasteiger partial charge < -0.3 is 4.74 Å². The molecule has 23 heavy (non-hydrogen) atoms. The highest BCUT2D eigenvalue weighted by atomic mass is 16.5. The van der Waals surface area contributed by atoms with Gasteiger partial charge in [-0.3, -0.25) is 0 Å². The van der Waals surface area contributed by atoms with Crippen LogP contribution in [0.1, 0.15) is 22.3 Å². The molecule has 0 saturated carbocycles. The third kappa shape index (κ3) is 2.52. The van der Waals surface area contributed by atoms with E-state index in [9.17, 15) is 5.26 Å². The summed E-state index contributed by atoms with van der Waals surface area (Å²) >= 11 is 0. The summed E-state index contributed by atoms with van der Waals surface area (Å²) in [5.74, 6) is 0. The summed E-state index contributed by atoms with van der Waals surface area (Å²) in [4.78, 5) is 0. The lowest BCUT2D eigenvalue weighted by atomic mass is 9.78. The molecule has 0 aromatic heterocycles. The van der Waals surface area contributed by atoms with E-state index in [-0.39, 0.29) is 0 Å². The standard InChI is InChI=1S/C21H17NO/c1-23-21(18-11-4-2-5-12-18,19-13-6-3-7-14-19)20-15-9-8-10-17(20)16-22/h2-15H,1H3. The zero-order chi connectivity index (χ0) is 16.1. The SMILES string of the molecule is COC(c1ccccc1)(c1ccccc1)c1ccccc1C#N. The van der Waals surface area contributed by atoms with Crippen LogP contribution >= 0.6 is 0 Å². The average molecular weight is 299 g/mol. The highest BCUT2D eigenvalue weighted by Gasteiger charge is 2.38. The lowest BCUT2D eigenvalue weighted by molar-refractivity contribution is 0.0583. The number of rotatable bonds is 4. The second-order valence-corrected chi connectivity index (χ2v) is 5.27. The molecule has 0 aliphatic rings. The van der Waals surface area contributed by atoms with E-state index in [2.05, 4.69) is 6.07 Å². The van der Waals surface area contributed by atoms with Crippen LogP contribution in [0.2, 0.25) is 0 Å². The molecule has 3 rings (SSSR count). The zero-order valence-electron chi connectivity index (χ0n) is 12.9. The third-order valence-corrected chi connectivity index (χ3v) is 4.09. The van der Waals surface area contributed by atoms with E-state index in [1.807, 2.05) is 84.9 Å². The Hall–Kier alpha value is -2.89. The molecule has 0 atom stereocenters. The van der Waals surface area contributed by atoms with Crippen LogP contribution in [0.15, 0.2) is 84.9 Å². The summed E-state index contributed by atoms with van der Waals surface area (Å²) in [5.41, 5.74) is 2.65. The minimum Gasteiger partial charge on any atom is -0.364 e. The summed E-state index contributed by atoms with van der Waals surface area (Å²) in [7, 11) is 1.69. The van der Waals surface area contributed by atoms with Crippen molar-refractivity contribution in [1.29, 1.82) is 5.26 Å². The first-order chi connectivity index (χ1) is 11.3. The maximum Gasteiger partial charge on any atom is 0.144 e. The molecule has 112 valence electrons. The molecule has 0 N–H and O–H groups in total. The molecule has 0 heterocycles. The van der Waals surface area contributed by atoms with E-state index in [0.717, 1.165) is 16.7 Å². The van der Waals surface area contributed by atoms with E-state index in [1.54, 1.807) is 7.11 Å². The monoisotopic (exact) mass is 299 g/mol. The number of hydrogen-bond donors (Lipinski definition) is 0. The quantitative estimate of drug-likeness (QED) is 0.665. The summed E-state index contributed by atoms with van der Waals surface area (Å²) in [6.07, 6.45) is 0. The number of benzene rings is 3. The first-order valence-corrected chi connectivity index (χ1v) is 7.48. The van der Waals surface area contributed by atoms with Crippen molar-refractivity contribution in [2.75, 3.05) is 7.11 Å². The first kappa shape index (κ1) is 15.0. The predicted molar refractivity (Wildman–Crippen MR) is 90.9 cm³/mol. The highest BCUT2D eigenvalue weighted by Crippen LogP contribution is 2.41. The van der Waals surface area contributed by atoms with Gasteiger partial charge in [0.1, 0.15) is 5.60 Å². The molecule has 0 spiro atoms. The number of ether oxygens (including phenoxy) is 1. The van der Waals surface area contributed by atoms with Gasteiger partial charge >= 0.3 is 0 Å². The fourth-order valence-corrected chi connectivity index (χ4v) is 3.06. The molecule has 0 aliphatic heterocycles. The van der Waals surface area contributed by atoms with E-state index in [1.165, 1.54) is 0 Å². The summed E-state index contributed by atoms with van der Waals surface area (Å²) in [6.45, 7) is 0. The molecule has 0 saturated heterocycles. The summed E-state index contributed by atoms with van der Waals surface area (Å²) in [6, 6.07) is 29.9. The van der Waals surface area contributed by atoms with Gasteiger partial charge in [-0.2, -0.15) is 5.26 Å². The number of nitrogens with zero attached hydrogens (tertiary/aromatic N) is 1. The Morgan fingerprint density at radius 3 is 1.70 bits per heavy atom. The molecular formula is C21H17NO. The summed E-state index contributed by atoms with van der Waals surface area (Å²) in [5, 5.41) is 9.57. The molecule has 0 unspecified atom stereocenters. The minimum atomic E-state index is -0.811. The number of methoxy groups -OCH3 is 1. The largest absolute Gasteiger partial charge is 0.364 e. The van der Waals surface area contributed by atoms with Crippen molar-refractivity contribution in [3.63, 3.8) is 0 Å². The van der Waals surface area contributed by atoms with Crippen molar-refractivity contribution in [3.8, 4) is 6.07 Å². The number of hydrogen-bond acceptors (Lipinski definition) is 2. The Balaban J connectivity index is 2.37. The van der Waals surface area contributed by atoms with Crippen molar-refractivity contribution >= 4 is 0 Å². The molecule has 3 aromatic rings. The first-order valence-electron chi connectivity index (χ1n) is 7.48. The molecule has 2 heteroatoms. The van der Waals surface area contributed by atoms with Crippen molar-refractivity contribution in [2.24, 2.45) is 0 Å². The van der Waals surface area contributed by atoms with Gasteiger partial charge in [-0.05, 0) is 17.2 Å². The van der Waals surface area contributed by atoms with Gasteiger partial charge in [0.15, 0.2) is 0 Å². The van der Waals surface area contributed by atoms with Gasteiger partial charge in [0.2, 0.25) is 0 Å². The third-order valence-electron chi connectivity index (χ3n) is 4.09. The van der Waals surface area contributed by atoms with Crippen molar-refractivity contribution in [2.45, 2.75) is 5.60 Å². The Kier molecular flexibility index (Phi) is 4.23. The Labute approximate surface area is 136 Å². The molecule has 2 nitrogen and oxygen atoms in total. The van der Waals surface area contributed by atoms with Crippen LogP contribution in [-0.4, -0.2) is 7.11 Å². The predicted octanol–water partition coefficient (Wildman–Crippen LogP) is 4.50. The van der Waals surface area contributed by atoms with Crippen LogP contribution in [0.5, 0.6) is 0 Å².